The molecule has 0 saturated heterocycles. The fourth-order valence-corrected chi connectivity index (χ4v) is 2.32. The van der Waals surface area contributed by atoms with Crippen molar-refractivity contribution < 1.29 is 9.59 Å². The molecule has 0 saturated carbocycles. The van der Waals surface area contributed by atoms with E-state index in [2.05, 4.69) is 10.6 Å². The van der Waals surface area contributed by atoms with Crippen LogP contribution in [0.2, 0.25) is 10.0 Å². The van der Waals surface area contributed by atoms with Gasteiger partial charge in [-0.15, -0.1) is 0 Å². The number of halogens is 2. The number of amides is 2. The topological polar surface area (TPSA) is 58.2 Å². The van der Waals surface area contributed by atoms with Crippen molar-refractivity contribution in [3.05, 3.63) is 69.7 Å². The van der Waals surface area contributed by atoms with Gasteiger partial charge in [0.1, 0.15) is 0 Å². The molecule has 0 aliphatic carbocycles. The summed E-state index contributed by atoms with van der Waals surface area (Å²) >= 11 is 11.7. The Morgan fingerprint density at radius 2 is 1.74 bits per heavy atom. The lowest BCUT2D eigenvalue weighted by Gasteiger charge is -2.14. The van der Waals surface area contributed by atoms with E-state index in [0.29, 0.717) is 15.6 Å². The van der Waals surface area contributed by atoms with Gasteiger partial charge >= 0.3 is 0 Å². The molecule has 0 spiro atoms. The monoisotopic (exact) mass is 350 g/mol. The van der Waals surface area contributed by atoms with Crippen molar-refractivity contribution in [2.75, 3.05) is 6.54 Å². The molecular weight excluding hydrogens is 335 g/mol. The van der Waals surface area contributed by atoms with Gasteiger partial charge in [-0.1, -0.05) is 53.5 Å². The number of hydrogen-bond donors (Lipinski definition) is 2. The lowest BCUT2D eigenvalue weighted by Crippen LogP contribution is -2.38. The second-order valence-corrected chi connectivity index (χ2v) is 5.83. The highest BCUT2D eigenvalue weighted by molar-refractivity contribution is 6.42. The molecule has 23 heavy (non-hydrogen) atoms. The Kier molecular flexibility index (Phi) is 6.02. The Morgan fingerprint density at radius 1 is 1.04 bits per heavy atom. The normalized spacial score (nSPS) is 11.6. The van der Waals surface area contributed by atoms with E-state index in [0.717, 1.165) is 5.56 Å². The number of carbonyl (C=O) groups excluding carboxylic acids is 2. The Hall–Kier alpha value is -2.04. The first kappa shape index (κ1) is 17.3. The number of rotatable bonds is 5. The van der Waals surface area contributed by atoms with E-state index in [-0.39, 0.29) is 24.4 Å². The third-order valence-corrected chi connectivity index (χ3v) is 4.01. The summed E-state index contributed by atoms with van der Waals surface area (Å²) < 4.78 is 0. The van der Waals surface area contributed by atoms with Gasteiger partial charge in [0.15, 0.2) is 0 Å². The SMILES string of the molecule is C[C@@H](NC(=O)CNC(=O)c1ccc(Cl)c(Cl)c1)c1ccccc1. The largest absolute Gasteiger partial charge is 0.348 e. The van der Waals surface area contributed by atoms with E-state index in [1.807, 2.05) is 37.3 Å². The molecule has 2 amide bonds. The van der Waals surface area contributed by atoms with Crippen molar-refractivity contribution in [3.63, 3.8) is 0 Å². The molecular formula is C17H16Cl2N2O2. The lowest BCUT2D eigenvalue weighted by molar-refractivity contribution is -0.120. The zero-order valence-corrected chi connectivity index (χ0v) is 14.0. The standard InChI is InChI=1S/C17H16Cl2N2O2/c1-11(12-5-3-2-4-6-12)21-16(22)10-20-17(23)13-7-8-14(18)15(19)9-13/h2-9,11H,10H2,1H3,(H,20,23)(H,21,22)/t11-/m1/s1. The molecule has 2 aromatic carbocycles. The molecule has 0 aromatic heterocycles. The quantitative estimate of drug-likeness (QED) is 0.865. The molecule has 6 heteroatoms. The summed E-state index contributed by atoms with van der Waals surface area (Å²) in [6, 6.07) is 14.0. The van der Waals surface area contributed by atoms with Crippen LogP contribution < -0.4 is 10.6 Å². The molecule has 0 aliphatic heterocycles. The highest BCUT2D eigenvalue weighted by atomic mass is 35.5. The Balaban J connectivity index is 1.86. The van der Waals surface area contributed by atoms with Crippen LogP contribution in [0.1, 0.15) is 28.9 Å². The highest BCUT2D eigenvalue weighted by Gasteiger charge is 2.12. The summed E-state index contributed by atoms with van der Waals surface area (Å²) in [6.07, 6.45) is 0. The second kappa shape index (κ2) is 7.99. The van der Waals surface area contributed by atoms with Crippen LogP contribution in [0.5, 0.6) is 0 Å². The lowest BCUT2D eigenvalue weighted by atomic mass is 10.1. The minimum Gasteiger partial charge on any atom is -0.348 e. The van der Waals surface area contributed by atoms with Gasteiger partial charge in [0.2, 0.25) is 5.91 Å². The summed E-state index contributed by atoms with van der Waals surface area (Å²) in [5.74, 6) is -0.652. The van der Waals surface area contributed by atoms with Crippen LogP contribution in [0, 0.1) is 0 Å². The molecule has 0 unspecified atom stereocenters. The van der Waals surface area contributed by atoms with E-state index in [1.165, 1.54) is 12.1 Å². The van der Waals surface area contributed by atoms with E-state index < -0.39 is 0 Å². The highest BCUT2D eigenvalue weighted by Crippen LogP contribution is 2.22. The molecule has 0 aliphatic rings. The van der Waals surface area contributed by atoms with Crippen molar-refractivity contribution in [1.29, 1.82) is 0 Å². The van der Waals surface area contributed by atoms with Crippen molar-refractivity contribution in [1.82, 2.24) is 10.6 Å². The van der Waals surface area contributed by atoms with Crippen molar-refractivity contribution in [2.24, 2.45) is 0 Å². The summed E-state index contributed by atoms with van der Waals surface area (Å²) in [5.41, 5.74) is 1.35. The Labute approximate surface area is 144 Å². The van der Waals surface area contributed by atoms with Crippen molar-refractivity contribution >= 4 is 35.0 Å². The second-order valence-electron chi connectivity index (χ2n) is 5.01. The van der Waals surface area contributed by atoms with Gasteiger partial charge in [-0.05, 0) is 30.7 Å². The first-order valence-electron chi connectivity index (χ1n) is 7.05. The zero-order valence-electron chi connectivity index (χ0n) is 12.5. The third-order valence-electron chi connectivity index (χ3n) is 3.27. The van der Waals surface area contributed by atoms with Crippen molar-refractivity contribution in [2.45, 2.75) is 13.0 Å². The van der Waals surface area contributed by atoms with Gasteiger partial charge in [0.05, 0.1) is 22.6 Å². The van der Waals surface area contributed by atoms with Gasteiger partial charge in [0, 0.05) is 5.56 Å². The van der Waals surface area contributed by atoms with E-state index >= 15 is 0 Å². The zero-order chi connectivity index (χ0) is 16.8. The minimum atomic E-state index is -0.383. The molecule has 120 valence electrons. The average molecular weight is 351 g/mol. The molecule has 0 heterocycles. The molecule has 2 N–H and O–H groups in total. The van der Waals surface area contributed by atoms with Gasteiger partial charge < -0.3 is 10.6 Å². The number of nitrogens with one attached hydrogen (secondary N) is 2. The third kappa shape index (κ3) is 4.98. The molecule has 0 bridgehead atoms. The molecule has 2 rings (SSSR count). The number of benzene rings is 2. The maximum atomic E-state index is 12.0. The molecule has 0 radical (unpaired) electrons. The van der Waals surface area contributed by atoms with Crippen molar-refractivity contribution in [3.8, 4) is 0 Å². The predicted molar refractivity (Wildman–Crippen MR) is 91.8 cm³/mol. The number of carbonyl (C=O) groups is 2. The first-order chi connectivity index (χ1) is 11.0. The van der Waals surface area contributed by atoms with Crippen LogP contribution in [0.15, 0.2) is 48.5 Å². The summed E-state index contributed by atoms with van der Waals surface area (Å²) in [6.45, 7) is 1.77. The van der Waals surface area contributed by atoms with Crippen LogP contribution in [0.3, 0.4) is 0 Å². The molecule has 1 atom stereocenters. The van der Waals surface area contributed by atoms with E-state index in [9.17, 15) is 9.59 Å². The smallest absolute Gasteiger partial charge is 0.251 e. The fourth-order valence-electron chi connectivity index (χ4n) is 2.02. The van der Waals surface area contributed by atoms with Crippen LogP contribution in [0.4, 0.5) is 0 Å². The van der Waals surface area contributed by atoms with Gasteiger partial charge in [-0.3, -0.25) is 9.59 Å². The molecule has 0 fully saturated rings. The van der Waals surface area contributed by atoms with Crippen LogP contribution in [0.25, 0.3) is 0 Å². The predicted octanol–water partition coefficient (Wildman–Crippen LogP) is 3.60. The Morgan fingerprint density at radius 3 is 2.39 bits per heavy atom. The van der Waals surface area contributed by atoms with Crippen LogP contribution in [-0.4, -0.2) is 18.4 Å². The molecule has 2 aromatic rings. The summed E-state index contributed by atoms with van der Waals surface area (Å²) in [4.78, 5) is 23.9. The van der Waals surface area contributed by atoms with Crippen LogP contribution in [-0.2, 0) is 4.79 Å². The first-order valence-corrected chi connectivity index (χ1v) is 7.80. The molecule has 4 nitrogen and oxygen atoms in total. The summed E-state index contributed by atoms with van der Waals surface area (Å²) in [5, 5.41) is 6.04. The van der Waals surface area contributed by atoms with Gasteiger partial charge in [-0.2, -0.15) is 0 Å². The van der Waals surface area contributed by atoms with Gasteiger partial charge in [-0.25, -0.2) is 0 Å². The maximum Gasteiger partial charge on any atom is 0.251 e. The maximum absolute atomic E-state index is 12.0. The van der Waals surface area contributed by atoms with E-state index in [4.69, 9.17) is 23.2 Å². The van der Waals surface area contributed by atoms with Crippen LogP contribution >= 0.6 is 23.2 Å². The average Bonchev–Trinajstić information content (AvgIpc) is 2.56. The fraction of sp³-hybridized carbons (Fsp3) is 0.176. The minimum absolute atomic E-state index is 0.115. The van der Waals surface area contributed by atoms with Gasteiger partial charge in [0.25, 0.3) is 5.91 Å². The number of hydrogen-bond acceptors (Lipinski definition) is 2. The summed E-state index contributed by atoms with van der Waals surface area (Å²) in [7, 11) is 0. The van der Waals surface area contributed by atoms with E-state index in [1.54, 1.807) is 6.07 Å². The Bertz CT molecular complexity index is 705.